The summed E-state index contributed by atoms with van der Waals surface area (Å²) in [5, 5.41) is 4.20. The van der Waals surface area contributed by atoms with Crippen molar-refractivity contribution in [1.82, 2.24) is 19.7 Å². The minimum Gasteiger partial charge on any atom is -0.380 e. The van der Waals surface area contributed by atoms with E-state index in [1.807, 2.05) is 12.1 Å². The number of carbonyl (C=O) groups is 1. The Morgan fingerprint density at radius 2 is 1.53 bits per heavy atom. The molecule has 0 radical (unpaired) electrons. The third-order valence-electron chi connectivity index (χ3n) is 7.78. The molecule has 3 heterocycles. The van der Waals surface area contributed by atoms with Gasteiger partial charge >= 0.3 is 0 Å². The molecule has 2 fully saturated rings. The summed E-state index contributed by atoms with van der Waals surface area (Å²) in [7, 11) is 0. The first kappa shape index (κ1) is 24.5. The van der Waals surface area contributed by atoms with Crippen molar-refractivity contribution in [3.8, 4) is 16.8 Å². The van der Waals surface area contributed by atoms with Crippen LogP contribution >= 0.6 is 0 Å². The van der Waals surface area contributed by atoms with E-state index >= 15 is 0 Å². The molecule has 0 unspecified atom stereocenters. The van der Waals surface area contributed by atoms with Crippen LogP contribution in [0.1, 0.15) is 46.0 Å². The zero-order valence-corrected chi connectivity index (χ0v) is 21.8. The highest BCUT2D eigenvalue weighted by molar-refractivity contribution is 5.88. The molecule has 2 saturated heterocycles. The average Bonchev–Trinajstić information content (AvgIpc) is 3.31. The summed E-state index contributed by atoms with van der Waals surface area (Å²) in [6.07, 6.45) is 3.42. The van der Waals surface area contributed by atoms with Gasteiger partial charge in [0.05, 0.1) is 18.9 Å². The van der Waals surface area contributed by atoms with E-state index in [0.29, 0.717) is 11.2 Å². The van der Waals surface area contributed by atoms with Gasteiger partial charge in [-0.25, -0.2) is 9.67 Å². The van der Waals surface area contributed by atoms with Crippen molar-refractivity contribution in [3.05, 3.63) is 101 Å². The Balaban J connectivity index is 1.07. The quantitative estimate of drug-likeness (QED) is 0.397. The summed E-state index contributed by atoms with van der Waals surface area (Å²) in [5.74, 6) is 0.0254. The smallest absolute Gasteiger partial charge is 0.288 e. The first-order valence-electron chi connectivity index (χ1n) is 13.3. The Labute approximate surface area is 223 Å². The molecule has 6 rings (SSSR count). The van der Waals surface area contributed by atoms with Gasteiger partial charge in [-0.05, 0) is 72.7 Å². The number of hydrogen-bond donors (Lipinski definition) is 1. The summed E-state index contributed by atoms with van der Waals surface area (Å²) in [5.41, 5.74) is 12.9. The molecule has 2 aliphatic rings. The molecule has 4 aromatic rings. The number of ether oxygens (including phenoxy) is 1. The van der Waals surface area contributed by atoms with E-state index in [2.05, 4.69) is 75.6 Å². The summed E-state index contributed by atoms with van der Waals surface area (Å²) in [6, 6.07) is 26.0. The molecule has 7 nitrogen and oxygen atoms in total. The molecule has 0 saturated carbocycles. The number of amides is 1. The molecule has 0 bridgehead atoms. The molecule has 194 valence electrons. The van der Waals surface area contributed by atoms with Gasteiger partial charge in [0.25, 0.3) is 5.91 Å². The molecule has 7 heteroatoms. The Kier molecular flexibility index (Phi) is 6.55. The third kappa shape index (κ3) is 5.12. The maximum absolute atomic E-state index is 11.4. The first-order valence-corrected chi connectivity index (χ1v) is 13.3. The lowest BCUT2D eigenvalue weighted by Crippen LogP contribution is -2.53. The van der Waals surface area contributed by atoms with Gasteiger partial charge in [-0.2, -0.15) is 0 Å². The van der Waals surface area contributed by atoms with Crippen LogP contribution in [0.15, 0.2) is 72.8 Å². The molecular formula is C31H33N5O2. The fourth-order valence-electron chi connectivity index (χ4n) is 5.68. The number of nitrogens with zero attached hydrogens (tertiary/aromatic N) is 4. The van der Waals surface area contributed by atoms with E-state index in [9.17, 15) is 4.79 Å². The molecule has 3 aromatic carbocycles. The van der Waals surface area contributed by atoms with Crippen LogP contribution in [-0.2, 0) is 17.7 Å². The molecule has 0 atom stereocenters. The number of primary amides is 1. The first-order chi connectivity index (χ1) is 18.5. The van der Waals surface area contributed by atoms with E-state index < -0.39 is 5.91 Å². The summed E-state index contributed by atoms with van der Waals surface area (Å²) in [4.78, 5) is 18.1. The highest BCUT2D eigenvalue weighted by Gasteiger charge is 2.41. The molecular weight excluding hydrogens is 474 g/mol. The maximum atomic E-state index is 11.4. The second-order valence-electron chi connectivity index (χ2n) is 10.8. The molecule has 2 N–H and O–H groups in total. The number of aryl methyl sites for hydroxylation is 1. The predicted molar refractivity (Wildman–Crippen MR) is 147 cm³/mol. The zero-order valence-electron chi connectivity index (χ0n) is 21.8. The van der Waals surface area contributed by atoms with Crippen molar-refractivity contribution in [2.24, 2.45) is 11.1 Å². The molecule has 1 spiro atoms. The van der Waals surface area contributed by atoms with Crippen molar-refractivity contribution in [2.75, 3.05) is 26.3 Å². The monoisotopic (exact) mass is 507 g/mol. The topological polar surface area (TPSA) is 86.3 Å². The fraction of sp³-hybridized carbons (Fsp3) is 0.323. The SMILES string of the molecule is Cc1nc(C(N)=O)nn1-c1ccc(Cc2ccc(-c3ccc(CN4CCCC5(COC5)C4)cc3)cc2)cc1. The number of piperidine rings is 1. The second kappa shape index (κ2) is 10.2. The number of carbonyl (C=O) groups excluding carboxylic acids is 1. The lowest BCUT2D eigenvalue weighted by Gasteiger charge is -2.48. The van der Waals surface area contributed by atoms with Crippen LogP contribution in [0, 0.1) is 12.3 Å². The number of aromatic nitrogens is 3. The lowest BCUT2D eigenvalue weighted by atomic mass is 9.78. The minimum atomic E-state index is -0.627. The fourth-order valence-corrected chi connectivity index (χ4v) is 5.68. The van der Waals surface area contributed by atoms with E-state index in [-0.39, 0.29) is 5.82 Å². The second-order valence-corrected chi connectivity index (χ2v) is 10.8. The van der Waals surface area contributed by atoms with Gasteiger partial charge in [0, 0.05) is 18.5 Å². The number of rotatable bonds is 7. The maximum Gasteiger partial charge on any atom is 0.288 e. The Morgan fingerprint density at radius 1 is 0.921 bits per heavy atom. The number of likely N-dealkylation sites (tertiary alicyclic amines) is 1. The normalized spacial score (nSPS) is 16.9. The Bertz CT molecular complexity index is 1420. The van der Waals surface area contributed by atoms with Crippen LogP contribution < -0.4 is 5.73 Å². The molecule has 1 amide bonds. The lowest BCUT2D eigenvalue weighted by molar-refractivity contribution is -0.145. The third-order valence-corrected chi connectivity index (χ3v) is 7.78. The van der Waals surface area contributed by atoms with Gasteiger partial charge in [0.15, 0.2) is 0 Å². The Hall–Kier alpha value is -3.81. The summed E-state index contributed by atoms with van der Waals surface area (Å²) in [6.45, 7) is 7.04. The van der Waals surface area contributed by atoms with Crippen molar-refractivity contribution in [1.29, 1.82) is 0 Å². The molecule has 0 aliphatic carbocycles. The van der Waals surface area contributed by atoms with Crippen LogP contribution in [-0.4, -0.2) is 51.9 Å². The molecule has 1 aromatic heterocycles. The van der Waals surface area contributed by atoms with Gasteiger partial charge in [-0.15, -0.1) is 5.10 Å². The van der Waals surface area contributed by atoms with Crippen LogP contribution in [0.5, 0.6) is 0 Å². The van der Waals surface area contributed by atoms with E-state index in [0.717, 1.165) is 38.4 Å². The van der Waals surface area contributed by atoms with Crippen LogP contribution in [0.4, 0.5) is 0 Å². The predicted octanol–water partition coefficient (Wildman–Crippen LogP) is 4.54. The van der Waals surface area contributed by atoms with Crippen molar-refractivity contribution < 1.29 is 9.53 Å². The minimum absolute atomic E-state index is 0.0284. The van der Waals surface area contributed by atoms with Gasteiger partial charge in [-0.1, -0.05) is 60.7 Å². The zero-order chi connectivity index (χ0) is 26.1. The van der Waals surface area contributed by atoms with E-state index in [1.54, 1.807) is 11.6 Å². The summed E-state index contributed by atoms with van der Waals surface area (Å²) < 4.78 is 7.14. The van der Waals surface area contributed by atoms with Gasteiger partial charge in [0.1, 0.15) is 5.82 Å². The van der Waals surface area contributed by atoms with Crippen molar-refractivity contribution in [3.63, 3.8) is 0 Å². The molecule has 2 aliphatic heterocycles. The van der Waals surface area contributed by atoms with Gasteiger partial charge < -0.3 is 10.5 Å². The largest absolute Gasteiger partial charge is 0.380 e. The van der Waals surface area contributed by atoms with Crippen LogP contribution in [0.25, 0.3) is 16.8 Å². The standard InChI is InChI=1S/C31H33N5O2/c1-22-33-30(29(32)37)34-36(22)28-13-7-24(8-14-28)17-23-3-9-26(10-4-23)27-11-5-25(6-12-27)18-35-16-2-15-31(19-35)20-38-21-31/h3-14H,2,15-21H2,1H3,(H2,32,37). The van der Waals surface area contributed by atoms with Gasteiger partial charge in [0.2, 0.25) is 5.82 Å². The summed E-state index contributed by atoms with van der Waals surface area (Å²) >= 11 is 0. The number of hydrogen-bond acceptors (Lipinski definition) is 5. The van der Waals surface area contributed by atoms with E-state index in [1.165, 1.54) is 47.2 Å². The van der Waals surface area contributed by atoms with E-state index in [4.69, 9.17) is 10.5 Å². The van der Waals surface area contributed by atoms with Crippen molar-refractivity contribution in [2.45, 2.75) is 32.7 Å². The Morgan fingerprint density at radius 3 is 2.08 bits per heavy atom. The van der Waals surface area contributed by atoms with Crippen molar-refractivity contribution >= 4 is 5.91 Å². The van der Waals surface area contributed by atoms with Gasteiger partial charge in [-0.3, -0.25) is 9.69 Å². The number of nitrogens with two attached hydrogens (primary N) is 1. The molecule has 38 heavy (non-hydrogen) atoms. The average molecular weight is 508 g/mol. The van der Waals surface area contributed by atoms with Crippen LogP contribution in [0.2, 0.25) is 0 Å². The van der Waals surface area contributed by atoms with Crippen LogP contribution in [0.3, 0.4) is 0 Å². The highest BCUT2D eigenvalue weighted by atomic mass is 16.5. The highest BCUT2D eigenvalue weighted by Crippen LogP contribution is 2.37. The number of benzene rings is 3.